The first-order valence-electron chi connectivity index (χ1n) is 7.56. The summed E-state index contributed by atoms with van der Waals surface area (Å²) < 4.78 is 22.1. The molecule has 26 heavy (non-hydrogen) atoms. The lowest BCUT2D eigenvalue weighted by atomic mass is 10.1. The van der Waals surface area contributed by atoms with Crippen molar-refractivity contribution in [2.24, 2.45) is 0 Å². The average molecular weight is 407 g/mol. The molecule has 0 aliphatic carbocycles. The van der Waals surface area contributed by atoms with Gasteiger partial charge >= 0.3 is 7.82 Å². The first kappa shape index (κ1) is 19.5. The summed E-state index contributed by atoms with van der Waals surface area (Å²) in [6.45, 7) is -0.0273. The summed E-state index contributed by atoms with van der Waals surface area (Å²) in [4.78, 5) is 30.0. The lowest BCUT2D eigenvalue weighted by Crippen LogP contribution is -2.33. The quantitative estimate of drug-likeness (QED) is 0.243. The minimum atomic E-state index is -4.73. The van der Waals surface area contributed by atoms with Crippen LogP contribution in [0.3, 0.4) is 0 Å². The van der Waals surface area contributed by atoms with E-state index in [1.807, 2.05) is 0 Å². The molecule has 3 rings (SSSR count). The summed E-state index contributed by atoms with van der Waals surface area (Å²) in [5.41, 5.74) is 0.795. The SMILES string of the molecule is O=P(O)(O)OC[C@H]1O[C@@H](n2cnc3c(NCCS)ncnc32)[C@H](O)[C@@H]1O. The Balaban J connectivity index is 1.83. The van der Waals surface area contributed by atoms with Gasteiger partial charge in [-0.15, -0.1) is 0 Å². The fourth-order valence-electron chi connectivity index (χ4n) is 2.61. The number of phosphoric ester groups is 1. The van der Waals surface area contributed by atoms with Crippen LogP contribution >= 0.6 is 20.5 Å². The Labute approximate surface area is 152 Å². The second-order valence-corrected chi connectivity index (χ2v) is 7.22. The van der Waals surface area contributed by atoms with Gasteiger partial charge in [0.1, 0.15) is 24.6 Å². The lowest BCUT2D eigenvalue weighted by molar-refractivity contribution is -0.0504. The van der Waals surface area contributed by atoms with Gasteiger partial charge in [-0.2, -0.15) is 12.6 Å². The van der Waals surface area contributed by atoms with E-state index in [-0.39, 0.29) is 0 Å². The molecular weight excluding hydrogens is 389 g/mol. The summed E-state index contributed by atoms with van der Waals surface area (Å²) in [7, 11) is -4.73. The average Bonchev–Trinajstić information content (AvgIpc) is 3.13. The van der Waals surface area contributed by atoms with Crippen molar-refractivity contribution in [1.82, 2.24) is 19.5 Å². The maximum absolute atomic E-state index is 10.8. The van der Waals surface area contributed by atoms with Gasteiger partial charge in [0.25, 0.3) is 0 Å². The van der Waals surface area contributed by atoms with Gasteiger partial charge in [0.05, 0.1) is 12.9 Å². The summed E-state index contributed by atoms with van der Waals surface area (Å²) >= 11 is 4.11. The molecule has 14 heteroatoms. The molecule has 3 heterocycles. The van der Waals surface area contributed by atoms with Gasteiger partial charge < -0.3 is 30.1 Å². The third-order valence-corrected chi connectivity index (χ3v) is 4.49. The number of hydrogen-bond acceptors (Lipinski definition) is 10. The third-order valence-electron chi connectivity index (χ3n) is 3.78. The number of ether oxygens (including phenoxy) is 1. The van der Waals surface area contributed by atoms with E-state index < -0.39 is 39.0 Å². The van der Waals surface area contributed by atoms with Crippen LogP contribution in [0, 0.1) is 0 Å². The van der Waals surface area contributed by atoms with Crippen molar-refractivity contribution < 1.29 is 33.8 Å². The molecule has 1 aliphatic rings. The number of nitrogens with one attached hydrogen (secondary N) is 1. The summed E-state index contributed by atoms with van der Waals surface area (Å²) in [6.07, 6.45) is -2.29. The molecule has 1 fully saturated rings. The van der Waals surface area contributed by atoms with Crippen molar-refractivity contribution >= 4 is 37.4 Å². The zero-order valence-electron chi connectivity index (χ0n) is 13.3. The van der Waals surface area contributed by atoms with Gasteiger partial charge in [-0.1, -0.05) is 0 Å². The molecule has 144 valence electrons. The largest absolute Gasteiger partial charge is 0.469 e. The lowest BCUT2D eigenvalue weighted by Gasteiger charge is -2.16. The maximum Gasteiger partial charge on any atom is 0.469 e. The van der Waals surface area contributed by atoms with Crippen LogP contribution in [-0.4, -0.2) is 76.7 Å². The highest BCUT2D eigenvalue weighted by molar-refractivity contribution is 7.80. The standard InChI is InChI=1S/C12H18N5O7PS/c18-8-6(3-23-25(20,21)22)24-12(9(8)19)17-5-16-7-10(13-1-2-26)14-4-15-11(7)17/h4-6,8-9,12,18-19,26H,1-3H2,(H,13,14,15)(H2,20,21,22)/t6-,8-,9-,12-/m1/s1. The third kappa shape index (κ3) is 4.00. The molecule has 2 aromatic rings. The second kappa shape index (κ2) is 7.74. The molecule has 0 amide bonds. The fourth-order valence-corrected chi connectivity index (χ4v) is 3.06. The van der Waals surface area contributed by atoms with Crippen LogP contribution in [0.2, 0.25) is 0 Å². The van der Waals surface area contributed by atoms with Crippen LogP contribution < -0.4 is 5.32 Å². The van der Waals surface area contributed by atoms with Crippen LogP contribution in [0.5, 0.6) is 0 Å². The van der Waals surface area contributed by atoms with E-state index in [1.54, 1.807) is 0 Å². The Morgan fingerprint density at radius 3 is 2.77 bits per heavy atom. The van der Waals surface area contributed by atoms with Gasteiger partial charge in [-0.05, 0) is 0 Å². The fraction of sp³-hybridized carbons (Fsp3) is 0.583. The predicted octanol–water partition coefficient (Wildman–Crippen LogP) is -1.10. The number of anilines is 1. The molecule has 5 N–H and O–H groups in total. The molecule has 0 spiro atoms. The molecule has 0 aromatic carbocycles. The van der Waals surface area contributed by atoms with Gasteiger partial charge in [-0.25, -0.2) is 19.5 Å². The highest BCUT2D eigenvalue weighted by Crippen LogP contribution is 2.38. The molecule has 12 nitrogen and oxygen atoms in total. The van der Waals surface area contributed by atoms with E-state index >= 15 is 0 Å². The van der Waals surface area contributed by atoms with Crippen LogP contribution in [0.1, 0.15) is 6.23 Å². The molecular formula is C12H18N5O7PS. The summed E-state index contributed by atoms with van der Waals surface area (Å²) in [6, 6.07) is 0. The van der Waals surface area contributed by atoms with Crippen LogP contribution in [0.15, 0.2) is 12.7 Å². The number of fused-ring (bicyclic) bond motifs is 1. The Morgan fingerprint density at radius 2 is 2.08 bits per heavy atom. The highest BCUT2D eigenvalue weighted by atomic mass is 32.1. The van der Waals surface area contributed by atoms with Crippen molar-refractivity contribution in [3.8, 4) is 0 Å². The van der Waals surface area contributed by atoms with Gasteiger partial charge in [0, 0.05) is 12.3 Å². The minimum Gasteiger partial charge on any atom is -0.387 e. The molecule has 2 aromatic heterocycles. The maximum atomic E-state index is 10.8. The highest BCUT2D eigenvalue weighted by Gasteiger charge is 2.45. The first-order chi connectivity index (χ1) is 12.3. The topological polar surface area (TPSA) is 172 Å². The van der Waals surface area contributed by atoms with Crippen LogP contribution in [0.4, 0.5) is 5.82 Å². The van der Waals surface area contributed by atoms with Gasteiger partial charge in [-0.3, -0.25) is 9.09 Å². The zero-order valence-corrected chi connectivity index (χ0v) is 15.1. The summed E-state index contributed by atoms with van der Waals surface area (Å²) in [5, 5.41) is 23.4. The van der Waals surface area contributed by atoms with Crippen LogP contribution in [-0.2, 0) is 13.8 Å². The van der Waals surface area contributed by atoms with E-state index in [0.717, 1.165) is 0 Å². The molecule has 0 saturated carbocycles. The second-order valence-electron chi connectivity index (χ2n) is 5.53. The number of thiol groups is 1. The number of rotatable bonds is 7. The van der Waals surface area contributed by atoms with E-state index in [9.17, 15) is 14.8 Å². The monoisotopic (exact) mass is 407 g/mol. The van der Waals surface area contributed by atoms with E-state index in [1.165, 1.54) is 17.2 Å². The van der Waals surface area contributed by atoms with Crippen molar-refractivity contribution in [1.29, 1.82) is 0 Å². The van der Waals surface area contributed by atoms with Crippen molar-refractivity contribution in [3.05, 3.63) is 12.7 Å². The number of nitrogens with zero attached hydrogens (tertiary/aromatic N) is 4. The number of hydrogen-bond donors (Lipinski definition) is 6. The minimum absolute atomic E-state index is 0.356. The van der Waals surface area contributed by atoms with E-state index in [0.29, 0.717) is 29.3 Å². The molecule has 4 atom stereocenters. The molecule has 0 radical (unpaired) electrons. The predicted molar refractivity (Wildman–Crippen MR) is 91.6 cm³/mol. The molecule has 1 aliphatic heterocycles. The van der Waals surface area contributed by atoms with E-state index in [2.05, 4.69) is 37.4 Å². The molecule has 0 bridgehead atoms. The van der Waals surface area contributed by atoms with Gasteiger partial charge in [0.15, 0.2) is 23.2 Å². The van der Waals surface area contributed by atoms with Gasteiger partial charge in [0.2, 0.25) is 0 Å². The zero-order chi connectivity index (χ0) is 18.9. The number of phosphoric acid groups is 1. The Morgan fingerprint density at radius 1 is 1.31 bits per heavy atom. The van der Waals surface area contributed by atoms with Crippen molar-refractivity contribution in [2.45, 2.75) is 24.5 Å². The number of aliphatic hydroxyl groups excluding tert-OH is 2. The molecule has 0 unspecified atom stereocenters. The van der Waals surface area contributed by atoms with Crippen molar-refractivity contribution in [3.63, 3.8) is 0 Å². The van der Waals surface area contributed by atoms with Crippen molar-refractivity contribution in [2.75, 3.05) is 24.2 Å². The normalized spacial score (nSPS) is 26.5. The Hall–Kier alpha value is -1.31. The Kier molecular flexibility index (Phi) is 5.79. The summed E-state index contributed by atoms with van der Waals surface area (Å²) in [5.74, 6) is 1.07. The first-order valence-corrected chi connectivity index (χ1v) is 9.72. The number of aromatic nitrogens is 4. The number of imidazole rings is 1. The Bertz CT molecular complexity index is 816. The van der Waals surface area contributed by atoms with Crippen LogP contribution in [0.25, 0.3) is 11.2 Å². The van der Waals surface area contributed by atoms with E-state index in [4.69, 9.17) is 14.5 Å². The number of aliphatic hydroxyl groups is 2. The smallest absolute Gasteiger partial charge is 0.387 e. The molecule has 1 saturated heterocycles.